The first-order valence-corrected chi connectivity index (χ1v) is 10.6. The van der Waals surface area contributed by atoms with Crippen molar-refractivity contribution < 1.29 is 14.3 Å². The standard InChI is InChI=1S/C25H22BrNO3/c1-30-25(29)23-20(16-8-4-2-5-9-16)21(24(28)18-10-6-3-7-11-18)22(27-23)17-12-14-19(26)15-13-17/h2-15,20-23,27H,1H3/t20-,21-,22+,23+/m1/s1. The molecule has 3 aromatic carbocycles. The number of carbonyl (C=O) groups is 2. The van der Waals surface area contributed by atoms with Gasteiger partial charge in [0, 0.05) is 22.0 Å². The molecule has 5 heteroatoms. The van der Waals surface area contributed by atoms with Gasteiger partial charge in [-0.2, -0.15) is 0 Å². The highest BCUT2D eigenvalue weighted by Crippen LogP contribution is 2.45. The number of ketones is 1. The molecule has 1 N–H and O–H groups in total. The lowest BCUT2D eigenvalue weighted by molar-refractivity contribution is -0.143. The van der Waals surface area contributed by atoms with Crippen LogP contribution in [0.4, 0.5) is 0 Å². The van der Waals surface area contributed by atoms with E-state index in [9.17, 15) is 9.59 Å². The highest BCUT2D eigenvalue weighted by Gasteiger charge is 2.51. The maximum Gasteiger partial charge on any atom is 0.323 e. The van der Waals surface area contributed by atoms with Crippen molar-refractivity contribution >= 4 is 27.7 Å². The van der Waals surface area contributed by atoms with Crippen molar-refractivity contribution in [1.29, 1.82) is 0 Å². The minimum Gasteiger partial charge on any atom is -0.468 e. The molecule has 0 aromatic heterocycles. The molecule has 1 fully saturated rings. The molecule has 0 spiro atoms. The molecule has 0 aliphatic carbocycles. The van der Waals surface area contributed by atoms with Crippen LogP contribution < -0.4 is 5.32 Å². The lowest BCUT2D eigenvalue weighted by Gasteiger charge is -2.25. The molecule has 4 nitrogen and oxygen atoms in total. The Hall–Kier alpha value is -2.76. The van der Waals surface area contributed by atoms with Gasteiger partial charge in [0.1, 0.15) is 6.04 Å². The molecule has 4 atom stereocenters. The normalized spacial score (nSPS) is 23.1. The summed E-state index contributed by atoms with van der Waals surface area (Å²) in [5, 5.41) is 3.42. The van der Waals surface area contributed by atoms with E-state index in [1.54, 1.807) is 0 Å². The molecule has 1 saturated heterocycles. The Labute approximate surface area is 184 Å². The van der Waals surface area contributed by atoms with Crippen LogP contribution >= 0.6 is 15.9 Å². The average Bonchev–Trinajstić information content (AvgIpc) is 3.20. The Bertz CT molecular complexity index is 1020. The first kappa shape index (κ1) is 20.5. The van der Waals surface area contributed by atoms with Crippen molar-refractivity contribution in [1.82, 2.24) is 5.32 Å². The van der Waals surface area contributed by atoms with Crippen molar-refractivity contribution in [2.24, 2.45) is 5.92 Å². The van der Waals surface area contributed by atoms with Crippen LogP contribution in [0, 0.1) is 5.92 Å². The maximum absolute atomic E-state index is 13.7. The van der Waals surface area contributed by atoms with Crippen molar-refractivity contribution in [2.75, 3.05) is 7.11 Å². The zero-order valence-electron chi connectivity index (χ0n) is 16.5. The van der Waals surface area contributed by atoms with E-state index in [2.05, 4.69) is 21.2 Å². The summed E-state index contributed by atoms with van der Waals surface area (Å²) in [6, 6.07) is 25.9. The maximum atomic E-state index is 13.7. The van der Waals surface area contributed by atoms with E-state index in [0.717, 1.165) is 15.6 Å². The predicted molar refractivity (Wildman–Crippen MR) is 119 cm³/mol. The summed E-state index contributed by atoms with van der Waals surface area (Å²) in [5.41, 5.74) is 2.53. The van der Waals surface area contributed by atoms with Gasteiger partial charge in [0.15, 0.2) is 5.78 Å². The molecule has 1 aliphatic rings. The van der Waals surface area contributed by atoms with Gasteiger partial charge in [-0.05, 0) is 23.3 Å². The number of hydrogen-bond acceptors (Lipinski definition) is 4. The fourth-order valence-corrected chi connectivity index (χ4v) is 4.58. The van der Waals surface area contributed by atoms with Crippen LogP contribution in [0.15, 0.2) is 89.4 Å². The number of esters is 1. The number of hydrogen-bond donors (Lipinski definition) is 1. The van der Waals surface area contributed by atoms with E-state index in [-0.39, 0.29) is 23.7 Å². The second-order valence-electron chi connectivity index (χ2n) is 7.39. The summed E-state index contributed by atoms with van der Waals surface area (Å²) in [5.74, 6) is -1.16. The molecular formula is C25H22BrNO3. The third-order valence-corrected chi connectivity index (χ3v) is 6.22. The van der Waals surface area contributed by atoms with Gasteiger partial charge in [0.2, 0.25) is 0 Å². The molecule has 1 heterocycles. The Morgan fingerprint density at radius 3 is 2.03 bits per heavy atom. The van der Waals surface area contributed by atoms with Gasteiger partial charge in [0.25, 0.3) is 0 Å². The Morgan fingerprint density at radius 2 is 1.43 bits per heavy atom. The quantitative estimate of drug-likeness (QED) is 0.431. The Morgan fingerprint density at radius 1 is 0.833 bits per heavy atom. The van der Waals surface area contributed by atoms with Crippen LogP contribution in [0.25, 0.3) is 0 Å². The van der Waals surface area contributed by atoms with Gasteiger partial charge < -0.3 is 4.74 Å². The van der Waals surface area contributed by atoms with Crippen molar-refractivity contribution in [3.05, 3.63) is 106 Å². The number of methoxy groups -OCH3 is 1. The van der Waals surface area contributed by atoms with Crippen LogP contribution in [0.2, 0.25) is 0 Å². The minimum atomic E-state index is -0.622. The SMILES string of the molecule is COC(=O)[C@H]1N[C@@H](c2ccc(Br)cc2)[C@H](C(=O)c2ccccc2)[C@H]1c1ccccc1. The first-order valence-electron chi connectivity index (χ1n) is 9.83. The molecule has 0 bridgehead atoms. The Balaban J connectivity index is 1.85. The highest BCUT2D eigenvalue weighted by atomic mass is 79.9. The molecule has 3 aromatic rings. The third-order valence-electron chi connectivity index (χ3n) is 5.69. The number of carbonyl (C=O) groups excluding carboxylic acids is 2. The lowest BCUT2D eigenvalue weighted by atomic mass is 9.76. The van der Waals surface area contributed by atoms with Crippen LogP contribution in [0.1, 0.15) is 33.4 Å². The number of nitrogens with one attached hydrogen (secondary N) is 1. The average molecular weight is 464 g/mol. The van der Waals surface area contributed by atoms with E-state index in [0.29, 0.717) is 5.56 Å². The summed E-state index contributed by atoms with van der Waals surface area (Å²) in [4.78, 5) is 26.5. The van der Waals surface area contributed by atoms with Crippen molar-refractivity contribution in [2.45, 2.75) is 18.0 Å². The molecule has 152 valence electrons. The van der Waals surface area contributed by atoms with Crippen molar-refractivity contribution in [3.8, 4) is 0 Å². The fraction of sp³-hybridized carbons (Fsp3) is 0.200. The molecule has 1 aliphatic heterocycles. The van der Waals surface area contributed by atoms with Crippen LogP contribution in [0.5, 0.6) is 0 Å². The topological polar surface area (TPSA) is 55.4 Å². The monoisotopic (exact) mass is 463 g/mol. The molecule has 0 unspecified atom stereocenters. The zero-order valence-corrected chi connectivity index (χ0v) is 18.1. The zero-order chi connectivity index (χ0) is 21.1. The third kappa shape index (κ3) is 3.95. The van der Waals surface area contributed by atoms with Crippen molar-refractivity contribution in [3.63, 3.8) is 0 Å². The van der Waals surface area contributed by atoms with Crippen LogP contribution in [-0.2, 0) is 9.53 Å². The number of Topliss-reactive ketones (excluding diaryl/α,β-unsaturated/α-hetero) is 1. The molecule has 0 amide bonds. The highest BCUT2D eigenvalue weighted by molar-refractivity contribution is 9.10. The van der Waals surface area contributed by atoms with Gasteiger partial charge >= 0.3 is 5.97 Å². The summed E-state index contributed by atoms with van der Waals surface area (Å²) >= 11 is 3.47. The Kier molecular flexibility index (Phi) is 6.11. The largest absolute Gasteiger partial charge is 0.468 e. The van der Waals surface area contributed by atoms with E-state index >= 15 is 0 Å². The number of benzene rings is 3. The summed E-state index contributed by atoms with van der Waals surface area (Å²) in [7, 11) is 1.38. The second-order valence-corrected chi connectivity index (χ2v) is 8.30. The van der Waals surface area contributed by atoms with Gasteiger partial charge in [0.05, 0.1) is 13.0 Å². The number of ether oxygens (including phenoxy) is 1. The van der Waals surface area contributed by atoms with Gasteiger partial charge in [-0.15, -0.1) is 0 Å². The molecule has 0 radical (unpaired) electrons. The van der Waals surface area contributed by atoms with E-state index in [1.165, 1.54) is 7.11 Å². The fourth-order valence-electron chi connectivity index (χ4n) is 4.32. The first-order chi connectivity index (χ1) is 14.6. The minimum absolute atomic E-state index is 0.0104. The molecule has 0 saturated carbocycles. The van der Waals surface area contributed by atoms with E-state index in [4.69, 9.17) is 4.74 Å². The number of rotatable bonds is 5. The summed E-state index contributed by atoms with van der Waals surface area (Å²) in [6.07, 6.45) is 0. The van der Waals surface area contributed by atoms with E-state index in [1.807, 2.05) is 84.9 Å². The predicted octanol–water partition coefficient (Wildman–Crippen LogP) is 4.92. The molecule has 30 heavy (non-hydrogen) atoms. The molecule has 4 rings (SSSR count). The smallest absolute Gasteiger partial charge is 0.323 e. The summed E-state index contributed by atoms with van der Waals surface area (Å²) in [6.45, 7) is 0. The van der Waals surface area contributed by atoms with Gasteiger partial charge in [-0.3, -0.25) is 14.9 Å². The molecular weight excluding hydrogens is 442 g/mol. The number of halogens is 1. The van der Waals surface area contributed by atoms with Crippen LogP contribution in [-0.4, -0.2) is 24.9 Å². The van der Waals surface area contributed by atoms with E-state index < -0.39 is 12.0 Å². The van der Waals surface area contributed by atoms with Gasteiger partial charge in [-0.1, -0.05) is 88.7 Å². The second kappa shape index (κ2) is 8.94. The van der Waals surface area contributed by atoms with Crippen LogP contribution in [0.3, 0.4) is 0 Å². The van der Waals surface area contributed by atoms with Gasteiger partial charge in [-0.25, -0.2) is 0 Å². The summed E-state index contributed by atoms with van der Waals surface area (Å²) < 4.78 is 6.06. The lowest BCUT2D eigenvalue weighted by Crippen LogP contribution is -2.36.